The highest BCUT2D eigenvalue weighted by Gasteiger charge is 2.19. The zero-order valence-electron chi connectivity index (χ0n) is 28.0. The Balaban J connectivity index is 1.05. The summed E-state index contributed by atoms with van der Waals surface area (Å²) >= 11 is 1.80. The van der Waals surface area contributed by atoms with Crippen molar-refractivity contribution in [2.45, 2.75) is 0 Å². The average Bonchev–Trinajstić information content (AvgIpc) is 3.94. The number of fused-ring (bicyclic) bond motifs is 7. The molecule has 4 heterocycles. The van der Waals surface area contributed by atoms with E-state index in [0.29, 0.717) is 23.4 Å². The molecule has 0 amide bonds. The molecule has 0 fully saturated rings. The zero-order valence-corrected chi connectivity index (χ0v) is 28.8. The van der Waals surface area contributed by atoms with Crippen LogP contribution in [0.2, 0.25) is 0 Å². The van der Waals surface area contributed by atoms with Gasteiger partial charge < -0.3 is 8.83 Å². The van der Waals surface area contributed by atoms with Crippen molar-refractivity contribution in [3.8, 4) is 56.7 Å². The number of furan rings is 1. The van der Waals surface area contributed by atoms with Crippen molar-refractivity contribution in [2.24, 2.45) is 0 Å². The number of benzene rings is 7. The highest BCUT2D eigenvalue weighted by Crippen LogP contribution is 2.40. The van der Waals surface area contributed by atoms with E-state index in [4.69, 9.17) is 23.8 Å². The van der Waals surface area contributed by atoms with Gasteiger partial charge >= 0.3 is 0 Å². The molecule has 7 heteroatoms. The SMILES string of the molecule is c1ccc(-c2nc(-c3ccc4sc5ccccc5c4c3)nc(-c3cccc4oc5ccc(-c6ccc(-c7nc8ccccc8o7)cc6)cc5c34)n2)cc1. The Morgan fingerprint density at radius 1 is 0.377 bits per heavy atom. The molecule has 11 rings (SSSR count). The molecule has 0 aliphatic rings. The lowest BCUT2D eigenvalue weighted by molar-refractivity contribution is 0.620. The van der Waals surface area contributed by atoms with Gasteiger partial charge in [0.05, 0.1) is 0 Å². The summed E-state index contributed by atoms with van der Waals surface area (Å²) in [5.41, 5.74) is 9.00. The fourth-order valence-electron chi connectivity index (χ4n) is 7.20. The predicted molar refractivity (Wildman–Crippen MR) is 215 cm³/mol. The molecule has 0 aliphatic carbocycles. The van der Waals surface area contributed by atoms with Crippen LogP contribution >= 0.6 is 11.3 Å². The number of nitrogens with zero attached hydrogens (tertiary/aromatic N) is 4. The Kier molecular flexibility index (Phi) is 6.62. The molecule has 0 radical (unpaired) electrons. The predicted octanol–water partition coefficient (Wildman–Crippen LogP) is 12.6. The molecule has 0 N–H and O–H groups in total. The molecular weight excluding hydrogens is 673 g/mol. The van der Waals surface area contributed by atoms with Gasteiger partial charge in [0.25, 0.3) is 0 Å². The Morgan fingerprint density at radius 3 is 1.94 bits per heavy atom. The Morgan fingerprint density at radius 2 is 1.06 bits per heavy atom. The minimum absolute atomic E-state index is 0.588. The minimum Gasteiger partial charge on any atom is -0.456 e. The molecule has 248 valence electrons. The highest BCUT2D eigenvalue weighted by atomic mass is 32.1. The van der Waals surface area contributed by atoms with Crippen LogP contribution in [-0.4, -0.2) is 19.9 Å². The number of oxazole rings is 1. The smallest absolute Gasteiger partial charge is 0.227 e. The lowest BCUT2D eigenvalue weighted by Gasteiger charge is -2.09. The molecule has 6 nitrogen and oxygen atoms in total. The third-order valence-corrected chi connectivity index (χ3v) is 10.9. The van der Waals surface area contributed by atoms with Crippen molar-refractivity contribution < 1.29 is 8.83 Å². The Hall–Kier alpha value is -6.96. The van der Waals surface area contributed by atoms with E-state index in [9.17, 15) is 0 Å². The van der Waals surface area contributed by atoms with Gasteiger partial charge in [-0.2, -0.15) is 0 Å². The van der Waals surface area contributed by atoms with Gasteiger partial charge in [0.15, 0.2) is 23.1 Å². The van der Waals surface area contributed by atoms with Gasteiger partial charge in [-0.3, -0.25) is 0 Å². The van der Waals surface area contributed by atoms with Gasteiger partial charge in [0.1, 0.15) is 16.7 Å². The van der Waals surface area contributed by atoms with Crippen molar-refractivity contribution in [2.75, 3.05) is 0 Å². The van der Waals surface area contributed by atoms with Crippen LogP contribution in [0, 0.1) is 0 Å². The van der Waals surface area contributed by atoms with Gasteiger partial charge in [-0.25, -0.2) is 19.9 Å². The quantitative estimate of drug-likeness (QED) is 0.178. The Labute approximate surface area is 306 Å². The first-order chi connectivity index (χ1) is 26.2. The summed E-state index contributed by atoms with van der Waals surface area (Å²) in [7, 11) is 0. The molecule has 0 saturated heterocycles. The van der Waals surface area contributed by atoms with Crippen LogP contribution in [0.25, 0.3) is 110 Å². The normalized spacial score (nSPS) is 11.8. The number of hydrogen-bond acceptors (Lipinski definition) is 7. The van der Waals surface area contributed by atoms with E-state index >= 15 is 0 Å². The highest BCUT2D eigenvalue weighted by molar-refractivity contribution is 7.25. The van der Waals surface area contributed by atoms with Gasteiger partial charge in [0, 0.05) is 53.2 Å². The Bertz CT molecular complexity index is 3150. The molecule has 0 aliphatic heterocycles. The molecule has 0 atom stereocenters. The molecule has 0 bridgehead atoms. The maximum atomic E-state index is 6.43. The summed E-state index contributed by atoms with van der Waals surface area (Å²) < 4.78 is 14.9. The monoisotopic (exact) mass is 698 g/mol. The van der Waals surface area contributed by atoms with Crippen LogP contribution in [0.15, 0.2) is 167 Å². The van der Waals surface area contributed by atoms with E-state index in [1.807, 2.05) is 72.8 Å². The minimum atomic E-state index is 0.588. The molecule has 53 heavy (non-hydrogen) atoms. The summed E-state index contributed by atoms with van der Waals surface area (Å²) in [6.45, 7) is 0. The van der Waals surface area contributed by atoms with E-state index in [-0.39, 0.29) is 0 Å². The zero-order chi connectivity index (χ0) is 34.9. The van der Waals surface area contributed by atoms with Crippen molar-refractivity contribution >= 4 is 64.5 Å². The van der Waals surface area contributed by atoms with Crippen molar-refractivity contribution in [1.82, 2.24) is 19.9 Å². The van der Waals surface area contributed by atoms with Crippen molar-refractivity contribution in [1.29, 1.82) is 0 Å². The number of thiophene rings is 1. The van der Waals surface area contributed by atoms with E-state index in [1.165, 1.54) is 20.2 Å². The number of aromatic nitrogens is 4. The summed E-state index contributed by atoms with van der Waals surface area (Å²) in [5, 5.41) is 4.38. The third kappa shape index (κ3) is 5.01. The van der Waals surface area contributed by atoms with Crippen LogP contribution in [0.5, 0.6) is 0 Å². The summed E-state index contributed by atoms with van der Waals surface area (Å²) in [6, 6.07) is 53.6. The first kappa shape index (κ1) is 29.7. The average molecular weight is 699 g/mol. The van der Waals surface area contributed by atoms with Crippen LogP contribution in [0.4, 0.5) is 0 Å². The van der Waals surface area contributed by atoms with E-state index in [0.717, 1.165) is 66.4 Å². The molecular formula is C46H26N4O2S. The van der Waals surface area contributed by atoms with Gasteiger partial charge in [0.2, 0.25) is 5.89 Å². The van der Waals surface area contributed by atoms with Crippen molar-refractivity contribution in [3.05, 3.63) is 158 Å². The molecule has 0 saturated carbocycles. The first-order valence-corrected chi connectivity index (χ1v) is 18.2. The lowest BCUT2D eigenvalue weighted by atomic mass is 9.99. The summed E-state index contributed by atoms with van der Waals surface area (Å²) in [6.07, 6.45) is 0. The summed E-state index contributed by atoms with van der Waals surface area (Å²) in [5.74, 6) is 2.43. The molecule has 0 unspecified atom stereocenters. The molecule has 0 spiro atoms. The van der Waals surface area contributed by atoms with Crippen LogP contribution in [0.1, 0.15) is 0 Å². The largest absolute Gasteiger partial charge is 0.456 e. The topological polar surface area (TPSA) is 77.8 Å². The maximum absolute atomic E-state index is 6.43. The van der Waals surface area contributed by atoms with Crippen molar-refractivity contribution in [3.63, 3.8) is 0 Å². The second kappa shape index (κ2) is 11.8. The van der Waals surface area contributed by atoms with Gasteiger partial charge in [-0.1, -0.05) is 91.0 Å². The van der Waals surface area contributed by atoms with E-state index in [1.54, 1.807) is 11.3 Å². The lowest BCUT2D eigenvalue weighted by Crippen LogP contribution is -2.00. The fourth-order valence-corrected chi connectivity index (χ4v) is 8.29. The second-order valence-electron chi connectivity index (χ2n) is 13.0. The molecule has 4 aromatic heterocycles. The van der Waals surface area contributed by atoms with Crippen LogP contribution in [0.3, 0.4) is 0 Å². The molecule has 11 aromatic rings. The second-order valence-corrected chi connectivity index (χ2v) is 14.1. The van der Waals surface area contributed by atoms with Crippen LogP contribution in [-0.2, 0) is 0 Å². The van der Waals surface area contributed by atoms with Gasteiger partial charge in [-0.15, -0.1) is 11.3 Å². The summed E-state index contributed by atoms with van der Waals surface area (Å²) in [4.78, 5) is 20.0. The fraction of sp³-hybridized carbons (Fsp3) is 0. The molecule has 7 aromatic carbocycles. The standard InChI is InChI=1S/C46H26N4O2S/c1-2-9-28(10-3-1)43-48-44(31-22-24-41-34(26-31)32-11-4-7-16-40(32)53-41)50-45(49-43)33-12-8-15-39-42(33)35-25-30(21-23-37(35)51-39)27-17-19-29(20-18-27)46-47-36-13-5-6-14-38(36)52-46/h1-26H. The van der Waals surface area contributed by atoms with Gasteiger partial charge in [-0.05, 0) is 77.9 Å². The number of hydrogen-bond donors (Lipinski definition) is 0. The maximum Gasteiger partial charge on any atom is 0.227 e. The number of para-hydroxylation sites is 2. The number of rotatable bonds is 5. The first-order valence-electron chi connectivity index (χ1n) is 17.4. The van der Waals surface area contributed by atoms with Crippen LogP contribution < -0.4 is 0 Å². The third-order valence-electron chi connectivity index (χ3n) is 9.80. The van der Waals surface area contributed by atoms with E-state index in [2.05, 4.69) is 89.9 Å². The van der Waals surface area contributed by atoms with E-state index < -0.39 is 0 Å².